The number of aromatic nitrogens is 2. The Morgan fingerprint density at radius 1 is 1.05 bits per heavy atom. The van der Waals surface area contributed by atoms with Gasteiger partial charge in [0.15, 0.2) is 0 Å². The van der Waals surface area contributed by atoms with Crippen LogP contribution in [-0.4, -0.2) is 15.7 Å². The van der Waals surface area contributed by atoms with E-state index in [9.17, 15) is 0 Å². The Morgan fingerprint density at radius 2 is 1.76 bits per heavy atom. The largest absolute Gasteiger partial charge is 0.278 e. The van der Waals surface area contributed by atoms with Crippen molar-refractivity contribution in [1.82, 2.24) is 9.97 Å². The van der Waals surface area contributed by atoms with Gasteiger partial charge in [-0.25, -0.2) is 4.98 Å². The third-order valence-corrected chi connectivity index (χ3v) is 3.27. The molecule has 4 nitrogen and oxygen atoms in total. The number of halogens is 1. The van der Waals surface area contributed by atoms with Crippen molar-refractivity contribution in [1.29, 1.82) is 0 Å². The first-order valence-electron chi connectivity index (χ1n) is 6.50. The van der Waals surface area contributed by atoms with Gasteiger partial charge in [0.25, 0.3) is 0 Å². The molecule has 1 N–H and O–H groups in total. The van der Waals surface area contributed by atoms with Crippen molar-refractivity contribution in [3.05, 3.63) is 65.4 Å². The van der Waals surface area contributed by atoms with Crippen LogP contribution >= 0.6 is 11.6 Å². The van der Waals surface area contributed by atoms with Gasteiger partial charge < -0.3 is 0 Å². The first-order chi connectivity index (χ1) is 10.2. The molecule has 0 spiro atoms. The second kappa shape index (κ2) is 5.89. The first kappa shape index (κ1) is 13.5. The Balaban J connectivity index is 1.83. The van der Waals surface area contributed by atoms with E-state index < -0.39 is 0 Å². The van der Waals surface area contributed by atoms with E-state index >= 15 is 0 Å². The molecule has 0 aliphatic rings. The zero-order valence-electron chi connectivity index (χ0n) is 11.4. The van der Waals surface area contributed by atoms with E-state index in [1.807, 2.05) is 55.5 Å². The molecule has 0 fully saturated rings. The van der Waals surface area contributed by atoms with Crippen LogP contribution in [0, 0.1) is 0 Å². The molecule has 5 heteroatoms. The first-order valence-corrected chi connectivity index (χ1v) is 6.88. The number of nitrogens with zero attached hydrogens (tertiary/aromatic N) is 3. The molecule has 1 heterocycles. The van der Waals surface area contributed by atoms with E-state index in [2.05, 4.69) is 20.5 Å². The number of benzene rings is 2. The maximum absolute atomic E-state index is 5.84. The van der Waals surface area contributed by atoms with Crippen molar-refractivity contribution in [2.24, 2.45) is 5.10 Å². The summed E-state index contributed by atoms with van der Waals surface area (Å²) >= 11 is 5.84. The molecule has 21 heavy (non-hydrogen) atoms. The van der Waals surface area contributed by atoms with Crippen LogP contribution in [0.5, 0.6) is 0 Å². The van der Waals surface area contributed by atoms with E-state index in [0.29, 0.717) is 5.02 Å². The minimum atomic E-state index is 0.696. The highest BCUT2D eigenvalue weighted by Crippen LogP contribution is 2.14. The Labute approximate surface area is 127 Å². The molecule has 3 rings (SSSR count). The predicted octanol–water partition coefficient (Wildman–Crippen LogP) is 4.12. The smallest absolute Gasteiger partial charge is 0.105 e. The molecule has 0 bridgehead atoms. The van der Waals surface area contributed by atoms with Crippen LogP contribution in [0.4, 0.5) is 5.69 Å². The van der Waals surface area contributed by atoms with Crippen molar-refractivity contribution < 1.29 is 0 Å². The number of nitrogens with one attached hydrogen (secondary N) is 1. The van der Waals surface area contributed by atoms with Crippen LogP contribution in [0.1, 0.15) is 12.6 Å². The lowest BCUT2D eigenvalue weighted by molar-refractivity contribution is 1.23. The molecular weight excluding hydrogens is 284 g/mol. The van der Waals surface area contributed by atoms with Gasteiger partial charge in [0.05, 0.1) is 28.6 Å². The third kappa shape index (κ3) is 3.17. The summed E-state index contributed by atoms with van der Waals surface area (Å²) in [6.07, 6.45) is 1.73. The highest BCUT2D eigenvalue weighted by atomic mass is 35.5. The summed E-state index contributed by atoms with van der Waals surface area (Å²) in [5.41, 5.74) is 7.09. The molecule has 2 aromatic carbocycles. The van der Waals surface area contributed by atoms with Crippen LogP contribution in [0.2, 0.25) is 5.02 Å². The lowest BCUT2D eigenvalue weighted by Crippen LogP contribution is -2.03. The molecule has 0 atom stereocenters. The number of fused-ring (bicyclic) bond motifs is 1. The van der Waals surface area contributed by atoms with Crippen molar-refractivity contribution in [2.45, 2.75) is 6.92 Å². The van der Waals surface area contributed by atoms with E-state index in [4.69, 9.17) is 11.6 Å². The van der Waals surface area contributed by atoms with Crippen LogP contribution in [0.25, 0.3) is 11.0 Å². The van der Waals surface area contributed by atoms with Crippen LogP contribution < -0.4 is 5.43 Å². The fourth-order valence-corrected chi connectivity index (χ4v) is 1.99. The van der Waals surface area contributed by atoms with E-state index in [0.717, 1.165) is 28.1 Å². The third-order valence-electron chi connectivity index (χ3n) is 3.02. The topological polar surface area (TPSA) is 50.2 Å². The van der Waals surface area contributed by atoms with Crippen molar-refractivity contribution >= 4 is 34.0 Å². The van der Waals surface area contributed by atoms with Gasteiger partial charge in [-0.3, -0.25) is 10.4 Å². The lowest BCUT2D eigenvalue weighted by Gasteiger charge is -2.04. The van der Waals surface area contributed by atoms with Crippen molar-refractivity contribution in [3.8, 4) is 0 Å². The van der Waals surface area contributed by atoms with Gasteiger partial charge >= 0.3 is 0 Å². The van der Waals surface area contributed by atoms with Crippen molar-refractivity contribution in [2.75, 3.05) is 5.43 Å². The Hall–Kier alpha value is -2.46. The van der Waals surface area contributed by atoms with E-state index in [1.165, 1.54) is 0 Å². The summed E-state index contributed by atoms with van der Waals surface area (Å²) in [7, 11) is 0. The van der Waals surface area contributed by atoms with Gasteiger partial charge in [0, 0.05) is 5.02 Å². The number of hydrogen-bond donors (Lipinski definition) is 1. The fraction of sp³-hybridized carbons (Fsp3) is 0.0625. The number of rotatable bonds is 3. The van der Waals surface area contributed by atoms with Gasteiger partial charge in [-0.05, 0) is 43.3 Å². The normalized spacial score (nSPS) is 11.6. The second-order valence-electron chi connectivity index (χ2n) is 4.56. The molecule has 3 aromatic rings. The minimum absolute atomic E-state index is 0.696. The maximum atomic E-state index is 5.84. The van der Waals surface area contributed by atoms with Crippen molar-refractivity contribution in [3.63, 3.8) is 0 Å². The summed E-state index contributed by atoms with van der Waals surface area (Å²) in [6.45, 7) is 1.89. The Kier molecular flexibility index (Phi) is 3.79. The van der Waals surface area contributed by atoms with Gasteiger partial charge in [0.1, 0.15) is 5.69 Å². The Bertz CT molecular complexity index is 797. The lowest BCUT2D eigenvalue weighted by atomic mass is 10.2. The monoisotopic (exact) mass is 296 g/mol. The quantitative estimate of drug-likeness (QED) is 0.584. The molecule has 1 aromatic heterocycles. The maximum Gasteiger partial charge on any atom is 0.105 e. The molecular formula is C16H13ClN4. The highest BCUT2D eigenvalue weighted by molar-refractivity contribution is 6.30. The van der Waals surface area contributed by atoms with Gasteiger partial charge in [-0.15, -0.1) is 0 Å². The summed E-state index contributed by atoms with van der Waals surface area (Å²) in [4.78, 5) is 8.93. The SMILES string of the molecule is C/C(=N\Nc1ccc(Cl)cc1)c1cnc2ccccc2n1. The van der Waals surface area contributed by atoms with Gasteiger partial charge in [0.2, 0.25) is 0 Å². The average molecular weight is 297 g/mol. The molecule has 104 valence electrons. The predicted molar refractivity (Wildman–Crippen MR) is 86.8 cm³/mol. The highest BCUT2D eigenvalue weighted by Gasteiger charge is 2.02. The minimum Gasteiger partial charge on any atom is -0.278 e. The summed E-state index contributed by atoms with van der Waals surface area (Å²) in [5.74, 6) is 0. The fourth-order valence-electron chi connectivity index (χ4n) is 1.86. The molecule has 0 saturated heterocycles. The molecule has 0 aliphatic heterocycles. The van der Waals surface area contributed by atoms with Crippen LogP contribution in [0.3, 0.4) is 0 Å². The number of para-hydroxylation sites is 2. The Morgan fingerprint density at radius 3 is 2.52 bits per heavy atom. The van der Waals surface area contributed by atoms with Crippen LogP contribution in [0.15, 0.2) is 59.8 Å². The number of hydrazone groups is 1. The number of hydrogen-bond acceptors (Lipinski definition) is 4. The molecule has 0 amide bonds. The zero-order valence-corrected chi connectivity index (χ0v) is 12.2. The summed E-state index contributed by atoms with van der Waals surface area (Å²) in [5, 5.41) is 5.02. The second-order valence-corrected chi connectivity index (χ2v) is 5.00. The van der Waals surface area contributed by atoms with Gasteiger partial charge in [-0.2, -0.15) is 5.10 Å². The molecule has 0 radical (unpaired) electrons. The van der Waals surface area contributed by atoms with E-state index in [-0.39, 0.29) is 0 Å². The summed E-state index contributed by atoms with van der Waals surface area (Å²) in [6, 6.07) is 15.1. The van der Waals surface area contributed by atoms with E-state index in [1.54, 1.807) is 6.20 Å². The van der Waals surface area contributed by atoms with Gasteiger partial charge in [-0.1, -0.05) is 23.7 Å². The standard InChI is InChI=1S/C16H13ClN4/c1-11(20-21-13-8-6-12(17)7-9-13)16-10-18-14-4-2-3-5-15(14)19-16/h2-10,21H,1H3/b20-11+. The number of anilines is 1. The zero-order chi connectivity index (χ0) is 14.7. The molecule has 0 saturated carbocycles. The summed E-state index contributed by atoms with van der Waals surface area (Å²) < 4.78 is 0. The average Bonchev–Trinajstić information content (AvgIpc) is 2.53. The molecule has 0 unspecified atom stereocenters. The molecule has 0 aliphatic carbocycles. The van der Waals surface area contributed by atoms with Crippen LogP contribution in [-0.2, 0) is 0 Å².